The Kier molecular flexibility index (Phi) is 3.59. The highest BCUT2D eigenvalue weighted by Crippen LogP contribution is 2.33. The second kappa shape index (κ2) is 5.03. The van der Waals surface area contributed by atoms with Crippen LogP contribution >= 0.6 is 0 Å². The molecule has 4 nitrogen and oxygen atoms in total. The van der Waals surface area contributed by atoms with Crippen LogP contribution in [0.2, 0.25) is 0 Å². The molecule has 2 N–H and O–H groups in total. The molecule has 6 heteroatoms. The van der Waals surface area contributed by atoms with Crippen molar-refractivity contribution in [1.82, 2.24) is 4.90 Å². The minimum Gasteiger partial charge on any atom is -0.435 e. The standard InChI is InChI=1S/C13H17F2N3O/c1-3-18-12(16)17-8-13(18,2)9-4-6-10(7-5-9)19-11(14)15/h4-7,11H,3,8H2,1-2H3,(H2,16,17). The molecule has 2 rings (SSSR count). The Labute approximate surface area is 110 Å². The van der Waals surface area contributed by atoms with E-state index in [2.05, 4.69) is 9.73 Å². The number of benzene rings is 1. The summed E-state index contributed by atoms with van der Waals surface area (Å²) in [6.45, 7) is 2.52. The van der Waals surface area contributed by atoms with Gasteiger partial charge in [0.05, 0.1) is 12.1 Å². The zero-order chi connectivity index (χ0) is 14.0. The maximum absolute atomic E-state index is 12.1. The first-order chi connectivity index (χ1) is 8.97. The van der Waals surface area contributed by atoms with Crippen LogP contribution in [0.3, 0.4) is 0 Å². The number of nitrogens with zero attached hydrogens (tertiary/aromatic N) is 2. The molecule has 0 aliphatic carbocycles. The molecule has 1 atom stereocenters. The van der Waals surface area contributed by atoms with Crippen LogP contribution in [0.1, 0.15) is 19.4 Å². The minimum atomic E-state index is -2.81. The van der Waals surface area contributed by atoms with Crippen molar-refractivity contribution in [2.75, 3.05) is 13.1 Å². The molecule has 0 spiro atoms. The highest BCUT2D eigenvalue weighted by molar-refractivity contribution is 5.81. The molecule has 1 aliphatic heterocycles. The lowest BCUT2D eigenvalue weighted by atomic mass is 9.91. The van der Waals surface area contributed by atoms with Crippen LogP contribution in [-0.4, -0.2) is 30.6 Å². The second-order valence-electron chi connectivity index (χ2n) is 4.60. The molecule has 0 amide bonds. The lowest BCUT2D eigenvalue weighted by molar-refractivity contribution is -0.0498. The number of aliphatic imine (C=N–C) groups is 1. The van der Waals surface area contributed by atoms with Crippen LogP contribution < -0.4 is 10.5 Å². The summed E-state index contributed by atoms with van der Waals surface area (Å²) in [5.41, 5.74) is 6.49. The van der Waals surface area contributed by atoms with Gasteiger partial charge in [-0.1, -0.05) is 12.1 Å². The van der Waals surface area contributed by atoms with Crippen LogP contribution in [0, 0.1) is 0 Å². The van der Waals surface area contributed by atoms with E-state index in [-0.39, 0.29) is 11.3 Å². The van der Waals surface area contributed by atoms with Crippen molar-refractivity contribution in [3.05, 3.63) is 29.8 Å². The fraction of sp³-hybridized carbons (Fsp3) is 0.462. The van der Waals surface area contributed by atoms with Crippen molar-refractivity contribution in [3.63, 3.8) is 0 Å². The number of hydrogen-bond acceptors (Lipinski definition) is 4. The fourth-order valence-electron chi connectivity index (χ4n) is 2.41. The first-order valence-electron chi connectivity index (χ1n) is 6.10. The van der Waals surface area contributed by atoms with E-state index in [0.717, 1.165) is 12.1 Å². The number of ether oxygens (including phenoxy) is 1. The van der Waals surface area contributed by atoms with Crippen LogP contribution in [0.5, 0.6) is 5.75 Å². The van der Waals surface area contributed by atoms with Gasteiger partial charge >= 0.3 is 6.61 Å². The summed E-state index contributed by atoms with van der Waals surface area (Å²) in [4.78, 5) is 6.25. The molecule has 0 radical (unpaired) electrons. The fourth-order valence-corrected chi connectivity index (χ4v) is 2.41. The Morgan fingerprint density at radius 1 is 1.42 bits per heavy atom. The third-order valence-corrected chi connectivity index (χ3v) is 3.44. The molecular weight excluding hydrogens is 252 g/mol. The lowest BCUT2D eigenvalue weighted by Crippen LogP contribution is -2.47. The van der Waals surface area contributed by atoms with E-state index in [4.69, 9.17) is 5.73 Å². The van der Waals surface area contributed by atoms with Crippen molar-refractivity contribution >= 4 is 5.96 Å². The Hall–Kier alpha value is -1.85. The summed E-state index contributed by atoms with van der Waals surface area (Å²) in [6, 6.07) is 6.62. The number of likely N-dealkylation sites (N-methyl/N-ethyl adjacent to an activating group) is 1. The number of hydrogen-bond donors (Lipinski definition) is 1. The maximum Gasteiger partial charge on any atom is 0.387 e. The van der Waals surface area contributed by atoms with Gasteiger partial charge < -0.3 is 15.4 Å². The molecule has 0 fully saturated rings. The zero-order valence-electron chi connectivity index (χ0n) is 10.9. The predicted molar refractivity (Wildman–Crippen MR) is 69.3 cm³/mol. The Morgan fingerprint density at radius 2 is 2.05 bits per heavy atom. The average molecular weight is 269 g/mol. The highest BCUT2D eigenvalue weighted by atomic mass is 19.3. The summed E-state index contributed by atoms with van der Waals surface area (Å²) in [7, 11) is 0. The second-order valence-corrected chi connectivity index (χ2v) is 4.60. The topological polar surface area (TPSA) is 50.8 Å². The van der Waals surface area contributed by atoms with Crippen LogP contribution in [0.4, 0.5) is 8.78 Å². The number of halogens is 2. The average Bonchev–Trinajstić information content (AvgIpc) is 2.66. The molecule has 1 aromatic rings. The monoisotopic (exact) mass is 269 g/mol. The van der Waals surface area contributed by atoms with E-state index < -0.39 is 6.61 Å². The van der Waals surface area contributed by atoms with Crippen molar-refractivity contribution in [2.45, 2.75) is 26.0 Å². The van der Waals surface area contributed by atoms with E-state index in [1.165, 1.54) is 12.1 Å². The Balaban J connectivity index is 2.22. The van der Waals surface area contributed by atoms with Gasteiger partial charge in [0, 0.05) is 6.54 Å². The molecular formula is C13H17F2N3O. The largest absolute Gasteiger partial charge is 0.435 e. The molecule has 1 heterocycles. The van der Waals surface area contributed by atoms with Crippen LogP contribution in [-0.2, 0) is 5.54 Å². The first kappa shape index (κ1) is 13.6. The normalized spacial score (nSPS) is 22.8. The van der Waals surface area contributed by atoms with Gasteiger partial charge in [-0.05, 0) is 31.5 Å². The predicted octanol–water partition coefficient (Wildman–Crippen LogP) is 2.15. The maximum atomic E-state index is 12.1. The summed E-state index contributed by atoms with van der Waals surface area (Å²) in [5, 5.41) is 0. The quantitative estimate of drug-likeness (QED) is 0.911. The molecule has 104 valence electrons. The van der Waals surface area contributed by atoms with Gasteiger partial charge in [0.1, 0.15) is 5.75 Å². The molecule has 1 aromatic carbocycles. The van der Waals surface area contributed by atoms with Gasteiger partial charge in [-0.15, -0.1) is 0 Å². The van der Waals surface area contributed by atoms with E-state index >= 15 is 0 Å². The van der Waals surface area contributed by atoms with Gasteiger partial charge in [0.15, 0.2) is 5.96 Å². The van der Waals surface area contributed by atoms with Gasteiger partial charge in [-0.25, -0.2) is 0 Å². The number of rotatable bonds is 4. The third-order valence-electron chi connectivity index (χ3n) is 3.44. The van der Waals surface area contributed by atoms with Crippen LogP contribution in [0.25, 0.3) is 0 Å². The summed E-state index contributed by atoms with van der Waals surface area (Å²) < 4.78 is 28.5. The molecule has 0 saturated carbocycles. The van der Waals surface area contributed by atoms with E-state index in [1.54, 1.807) is 12.1 Å². The molecule has 19 heavy (non-hydrogen) atoms. The molecule has 0 bridgehead atoms. The zero-order valence-corrected chi connectivity index (χ0v) is 10.9. The number of guanidine groups is 1. The van der Waals surface area contributed by atoms with Crippen LogP contribution in [0.15, 0.2) is 29.3 Å². The van der Waals surface area contributed by atoms with Crippen molar-refractivity contribution in [3.8, 4) is 5.75 Å². The van der Waals surface area contributed by atoms with Crippen molar-refractivity contribution in [2.24, 2.45) is 10.7 Å². The molecule has 1 aliphatic rings. The molecule has 1 unspecified atom stereocenters. The van der Waals surface area contributed by atoms with Gasteiger partial charge in [-0.2, -0.15) is 8.78 Å². The molecule has 0 saturated heterocycles. The van der Waals surface area contributed by atoms with Gasteiger partial charge in [0.25, 0.3) is 0 Å². The van der Waals surface area contributed by atoms with E-state index in [1.807, 2.05) is 18.7 Å². The Morgan fingerprint density at radius 3 is 2.58 bits per heavy atom. The number of nitrogens with two attached hydrogens (primary N) is 1. The molecule has 0 aromatic heterocycles. The number of alkyl halides is 2. The summed E-state index contributed by atoms with van der Waals surface area (Å²) >= 11 is 0. The van der Waals surface area contributed by atoms with Gasteiger partial charge in [-0.3, -0.25) is 4.99 Å². The smallest absolute Gasteiger partial charge is 0.387 e. The summed E-state index contributed by atoms with van der Waals surface area (Å²) in [5.74, 6) is 0.662. The third kappa shape index (κ3) is 2.47. The highest BCUT2D eigenvalue weighted by Gasteiger charge is 2.38. The van der Waals surface area contributed by atoms with Crippen molar-refractivity contribution in [1.29, 1.82) is 0 Å². The van der Waals surface area contributed by atoms with Gasteiger partial charge in [0.2, 0.25) is 0 Å². The van der Waals surface area contributed by atoms with Crippen molar-refractivity contribution < 1.29 is 13.5 Å². The first-order valence-corrected chi connectivity index (χ1v) is 6.10. The Bertz CT molecular complexity index is 475. The SMILES string of the molecule is CCN1C(N)=NCC1(C)c1ccc(OC(F)F)cc1. The minimum absolute atomic E-state index is 0.150. The van der Waals surface area contributed by atoms with E-state index in [0.29, 0.717) is 12.5 Å². The summed E-state index contributed by atoms with van der Waals surface area (Å²) in [6.07, 6.45) is 0. The lowest BCUT2D eigenvalue weighted by Gasteiger charge is -2.36. The van der Waals surface area contributed by atoms with E-state index in [9.17, 15) is 8.78 Å².